The number of hydrogen-bond acceptors (Lipinski definition) is 3. The van der Waals surface area contributed by atoms with Crippen LogP contribution in [0.3, 0.4) is 0 Å². The van der Waals surface area contributed by atoms with Gasteiger partial charge in [0.25, 0.3) is 0 Å². The van der Waals surface area contributed by atoms with E-state index < -0.39 is 0 Å². The molecule has 0 fully saturated rings. The predicted octanol–water partition coefficient (Wildman–Crippen LogP) is 2.35. The van der Waals surface area contributed by atoms with E-state index in [0.717, 1.165) is 15.6 Å². The molecule has 24 heavy (non-hydrogen) atoms. The topological polar surface area (TPSA) is 103 Å². The molecule has 0 aliphatic carbocycles. The van der Waals surface area contributed by atoms with Gasteiger partial charge in [0.2, 0.25) is 0 Å². The van der Waals surface area contributed by atoms with Crippen molar-refractivity contribution in [1.82, 2.24) is 5.32 Å². The normalized spacial score (nSPS) is 10.0. The second-order valence-electron chi connectivity index (χ2n) is 4.95. The van der Waals surface area contributed by atoms with Gasteiger partial charge in [0.05, 0.1) is 0 Å². The Morgan fingerprint density at radius 3 is 2.62 bits per heavy atom. The minimum absolute atomic E-state index is 0.159. The van der Waals surface area contributed by atoms with Gasteiger partial charge in [-0.05, 0) is 0 Å². The molecule has 0 unspecified atom stereocenters. The van der Waals surface area contributed by atoms with Gasteiger partial charge in [0.1, 0.15) is 0 Å². The Balaban J connectivity index is 2.08. The molecule has 5 nitrogen and oxygen atoms in total. The maximum atomic E-state index is 12.5. The van der Waals surface area contributed by atoms with Gasteiger partial charge in [-0.3, -0.25) is 0 Å². The fraction of sp³-hybridized carbons (Fsp3) is 0.118. The second-order valence-corrected chi connectivity index (χ2v) is 8.00. The number of carbonyl (C=O) groups is 1. The molecule has 0 saturated heterocycles. The number of nitrogens with one attached hydrogen (secondary N) is 2. The van der Waals surface area contributed by atoms with Crippen molar-refractivity contribution in [2.24, 2.45) is 5.73 Å². The Morgan fingerprint density at radius 2 is 2.00 bits per heavy atom. The van der Waals surface area contributed by atoms with Crippen LogP contribution in [0.5, 0.6) is 0 Å². The summed E-state index contributed by atoms with van der Waals surface area (Å²) in [6, 6.07) is 14.6. The Bertz CT molecular complexity index is 799. The van der Waals surface area contributed by atoms with Crippen molar-refractivity contribution in [1.29, 1.82) is 10.7 Å². The summed E-state index contributed by atoms with van der Waals surface area (Å²) in [6.07, 6.45) is 0. The van der Waals surface area contributed by atoms with Gasteiger partial charge in [-0.2, -0.15) is 0 Å². The summed E-state index contributed by atoms with van der Waals surface area (Å²) in [5.41, 5.74) is 8.42. The maximum absolute atomic E-state index is 12.5. The first-order valence-electron chi connectivity index (χ1n) is 7.02. The molecule has 2 aromatic rings. The molecule has 0 heterocycles. The molecule has 122 valence electrons. The van der Waals surface area contributed by atoms with E-state index in [0.29, 0.717) is 23.0 Å². The average Bonchev–Trinajstić information content (AvgIpc) is 2.58. The summed E-state index contributed by atoms with van der Waals surface area (Å²) in [4.78, 5) is 12.5. The van der Waals surface area contributed by atoms with Crippen LogP contribution in [0.25, 0.3) is 0 Å². The molecule has 0 spiro atoms. The Morgan fingerprint density at radius 1 is 1.29 bits per heavy atom. The third-order valence-corrected chi connectivity index (χ3v) is 5.33. The summed E-state index contributed by atoms with van der Waals surface area (Å²) < 4.78 is 1.05. The van der Waals surface area contributed by atoms with Crippen molar-refractivity contribution in [2.75, 3.05) is 0 Å². The Hall–Kier alpha value is -2.13. The first kappa shape index (κ1) is 18.2. The molecular formula is C17H15BrN4OSe. The number of nitrogens with zero attached hydrogens (tertiary/aromatic N) is 1. The van der Waals surface area contributed by atoms with Gasteiger partial charge in [0, 0.05) is 0 Å². The number of amidine groups is 1. The predicted molar refractivity (Wildman–Crippen MR) is 97.8 cm³/mol. The van der Waals surface area contributed by atoms with E-state index in [1.165, 1.54) is 0 Å². The van der Waals surface area contributed by atoms with Crippen LogP contribution < -0.4 is 11.1 Å². The van der Waals surface area contributed by atoms with Gasteiger partial charge < -0.3 is 0 Å². The summed E-state index contributed by atoms with van der Waals surface area (Å²) in [5, 5.41) is 19.6. The van der Waals surface area contributed by atoms with Crippen LogP contribution >= 0.6 is 15.9 Å². The molecule has 0 aliphatic heterocycles. The number of nitriles is 1. The van der Waals surface area contributed by atoms with Crippen LogP contribution in [0, 0.1) is 16.7 Å². The van der Waals surface area contributed by atoms with Crippen LogP contribution in [0.15, 0.2) is 46.9 Å². The number of hydrogen-bond donors (Lipinski definition) is 3. The fourth-order valence-corrected chi connectivity index (χ4v) is 3.60. The third kappa shape index (κ3) is 5.20. The van der Waals surface area contributed by atoms with E-state index >= 15 is 0 Å². The molecule has 7 heteroatoms. The van der Waals surface area contributed by atoms with E-state index in [1.807, 2.05) is 24.3 Å². The molecule has 2 rings (SSSR count). The van der Waals surface area contributed by atoms with Crippen LogP contribution in [0.1, 0.15) is 27.0 Å². The van der Waals surface area contributed by atoms with E-state index in [2.05, 4.69) is 27.3 Å². The summed E-state index contributed by atoms with van der Waals surface area (Å²) in [7, 11) is 0. The zero-order chi connectivity index (χ0) is 17.5. The van der Waals surface area contributed by atoms with Gasteiger partial charge in [-0.15, -0.1) is 0 Å². The summed E-state index contributed by atoms with van der Waals surface area (Å²) in [6.45, 7) is 0.387. The van der Waals surface area contributed by atoms with Crippen LogP contribution in [-0.4, -0.2) is 25.6 Å². The first-order chi connectivity index (χ1) is 11.5. The SMILES string of the molecule is N#Cc1ccc(CNC(=O)c2ccc(Br)cc2C[Se]C(=N)N)cc1. The molecular weight excluding hydrogens is 435 g/mol. The van der Waals surface area contributed by atoms with E-state index in [9.17, 15) is 4.79 Å². The average molecular weight is 450 g/mol. The first-order valence-corrected chi connectivity index (χ1v) is 9.88. The number of nitrogens with two attached hydrogens (primary N) is 1. The number of amides is 1. The molecule has 4 N–H and O–H groups in total. The summed E-state index contributed by atoms with van der Waals surface area (Å²) in [5.74, 6) is -0.166. The van der Waals surface area contributed by atoms with Crippen LogP contribution in [0.4, 0.5) is 0 Å². The minimum atomic E-state index is -0.166. The Labute approximate surface area is 155 Å². The zero-order valence-corrected chi connectivity index (χ0v) is 16.0. The number of benzene rings is 2. The second kappa shape index (κ2) is 8.65. The molecule has 0 saturated carbocycles. The number of halogens is 1. The van der Waals surface area contributed by atoms with Gasteiger partial charge >= 0.3 is 155 Å². The molecule has 0 aromatic heterocycles. The zero-order valence-electron chi connectivity index (χ0n) is 12.7. The van der Waals surface area contributed by atoms with Crippen molar-refractivity contribution in [3.8, 4) is 6.07 Å². The fourth-order valence-electron chi connectivity index (χ4n) is 2.03. The van der Waals surface area contributed by atoms with Crippen molar-refractivity contribution < 1.29 is 4.79 Å². The van der Waals surface area contributed by atoms with Gasteiger partial charge in [-0.25, -0.2) is 0 Å². The Kier molecular flexibility index (Phi) is 6.56. The molecule has 0 aliphatic rings. The monoisotopic (exact) mass is 450 g/mol. The van der Waals surface area contributed by atoms with Gasteiger partial charge in [-0.1, -0.05) is 0 Å². The standard InChI is InChI=1S/C17H15BrN4OSe/c18-14-5-6-15(13(7-14)10-24-17(20)21)16(23)22-9-12-3-1-11(8-19)2-4-12/h1-7H,9-10H2,(H3,20,21)(H,22,23). The molecule has 0 bridgehead atoms. The summed E-state index contributed by atoms with van der Waals surface area (Å²) >= 11 is 3.24. The third-order valence-electron chi connectivity index (χ3n) is 3.23. The van der Waals surface area contributed by atoms with E-state index in [4.69, 9.17) is 16.4 Å². The molecule has 0 radical (unpaired) electrons. The molecule has 0 atom stereocenters. The van der Waals surface area contributed by atoms with Crippen molar-refractivity contribution >= 4 is 41.5 Å². The van der Waals surface area contributed by atoms with Crippen molar-refractivity contribution in [2.45, 2.75) is 11.9 Å². The van der Waals surface area contributed by atoms with Crippen LogP contribution in [0.2, 0.25) is 0 Å². The van der Waals surface area contributed by atoms with Crippen molar-refractivity contribution in [3.05, 3.63) is 69.2 Å². The quantitative estimate of drug-likeness (QED) is 0.358. The van der Waals surface area contributed by atoms with Crippen LogP contribution in [-0.2, 0) is 11.9 Å². The van der Waals surface area contributed by atoms with Gasteiger partial charge in [0.15, 0.2) is 0 Å². The van der Waals surface area contributed by atoms with Crippen molar-refractivity contribution in [3.63, 3.8) is 0 Å². The number of carbonyl (C=O) groups excluding carboxylic acids is 1. The van der Waals surface area contributed by atoms with E-state index in [1.54, 1.807) is 18.2 Å². The van der Waals surface area contributed by atoms with E-state index in [-0.39, 0.29) is 25.6 Å². The molecule has 1 amide bonds. The molecule has 2 aromatic carbocycles. The number of rotatable bonds is 6.